The summed E-state index contributed by atoms with van der Waals surface area (Å²) in [7, 11) is 0. The molecule has 9 heteroatoms. The smallest absolute Gasteiger partial charge is 0.411 e. The number of ether oxygens (including phenoxy) is 1. The molecule has 9 nitrogen and oxygen atoms in total. The minimum atomic E-state index is -0.878. The van der Waals surface area contributed by atoms with Gasteiger partial charge >= 0.3 is 6.09 Å². The number of hydrogen-bond donors (Lipinski definition) is 3. The van der Waals surface area contributed by atoms with E-state index >= 15 is 0 Å². The number of H-pyrrole nitrogens is 1. The molecule has 2 aromatic rings. The Bertz CT molecular complexity index is 1010. The number of hydrogen-bond acceptors (Lipinski definition) is 5. The SMILES string of the molecule is CC(C)(C)OC(=O)N1C2CCC(C2)C1C(=O)NC(Cc1ccc2[nH]ncc2c1)C(N)=O. The van der Waals surface area contributed by atoms with Gasteiger partial charge in [-0.05, 0) is 63.6 Å². The molecule has 1 aliphatic heterocycles. The number of aromatic nitrogens is 2. The van der Waals surface area contributed by atoms with Gasteiger partial charge in [0.05, 0.1) is 11.7 Å². The molecule has 0 radical (unpaired) electrons. The number of amides is 3. The van der Waals surface area contributed by atoms with Crippen molar-refractivity contribution in [3.63, 3.8) is 0 Å². The molecule has 1 aliphatic carbocycles. The number of carbonyl (C=O) groups excluding carboxylic acids is 3. The van der Waals surface area contributed by atoms with Gasteiger partial charge in [0.2, 0.25) is 11.8 Å². The molecule has 4 unspecified atom stereocenters. The number of likely N-dealkylation sites (tertiary alicyclic amines) is 1. The number of primary amides is 1. The Hall–Kier alpha value is -3.10. The van der Waals surface area contributed by atoms with Crippen molar-refractivity contribution in [3.05, 3.63) is 30.0 Å². The first kappa shape index (κ1) is 21.1. The van der Waals surface area contributed by atoms with Gasteiger partial charge in [0.15, 0.2) is 0 Å². The monoisotopic (exact) mass is 427 g/mol. The van der Waals surface area contributed by atoms with Gasteiger partial charge in [0.25, 0.3) is 0 Å². The zero-order chi connectivity index (χ0) is 22.3. The zero-order valence-electron chi connectivity index (χ0n) is 18.1. The number of nitrogens with two attached hydrogens (primary N) is 1. The van der Waals surface area contributed by atoms with E-state index in [0.29, 0.717) is 0 Å². The molecule has 4 atom stereocenters. The molecule has 4 N–H and O–H groups in total. The lowest BCUT2D eigenvalue weighted by molar-refractivity contribution is -0.132. The molecule has 2 bridgehead atoms. The summed E-state index contributed by atoms with van der Waals surface area (Å²) in [5.41, 5.74) is 6.69. The molecule has 2 heterocycles. The van der Waals surface area contributed by atoms with Crippen molar-refractivity contribution in [1.82, 2.24) is 20.4 Å². The molecule has 166 valence electrons. The molecular formula is C22H29N5O4. The van der Waals surface area contributed by atoms with Crippen molar-refractivity contribution >= 4 is 28.8 Å². The van der Waals surface area contributed by atoms with Crippen molar-refractivity contribution in [2.45, 2.75) is 70.2 Å². The van der Waals surface area contributed by atoms with E-state index in [1.54, 1.807) is 31.9 Å². The minimum Gasteiger partial charge on any atom is -0.444 e. The molecule has 31 heavy (non-hydrogen) atoms. The first-order chi connectivity index (χ1) is 14.6. The van der Waals surface area contributed by atoms with Crippen LogP contribution in [0.15, 0.2) is 24.4 Å². The van der Waals surface area contributed by atoms with E-state index in [2.05, 4.69) is 15.5 Å². The summed E-state index contributed by atoms with van der Waals surface area (Å²) >= 11 is 0. The maximum Gasteiger partial charge on any atom is 0.411 e. The molecule has 1 aromatic heterocycles. The maximum atomic E-state index is 13.2. The zero-order valence-corrected chi connectivity index (χ0v) is 18.1. The van der Waals surface area contributed by atoms with E-state index in [-0.39, 0.29) is 24.3 Å². The second-order valence-electron chi connectivity index (χ2n) is 9.52. The fraction of sp³-hybridized carbons (Fsp3) is 0.545. The standard InChI is InChI=1S/C22H29N5O4/c1-22(2,3)31-21(30)27-15-6-5-13(10-15)18(27)20(29)25-17(19(23)28)9-12-4-7-16-14(8-12)11-24-26-16/h4,7-8,11,13,15,17-18H,5-6,9-10H2,1-3H3,(H2,23,28)(H,24,26)(H,25,29). The van der Waals surface area contributed by atoms with Crippen molar-refractivity contribution < 1.29 is 19.1 Å². The molecule has 1 aromatic carbocycles. The van der Waals surface area contributed by atoms with E-state index in [4.69, 9.17) is 10.5 Å². The fourth-order valence-corrected chi connectivity index (χ4v) is 4.74. The highest BCUT2D eigenvalue weighted by molar-refractivity contribution is 5.92. The first-order valence-corrected chi connectivity index (χ1v) is 10.7. The lowest BCUT2D eigenvalue weighted by Crippen LogP contribution is -2.57. The van der Waals surface area contributed by atoms with Gasteiger partial charge < -0.3 is 15.8 Å². The second-order valence-corrected chi connectivity index (χ2v) is 9.52. The third-order valence-electron chi connectivity index (χ3n) is 6.06. The van der Waals surface area contributed by atoms with Crippen LogP contribution in [0.1, 0.15) is 45.6 Å². The van der Waals surface area contributed by atoms with E-state index < -0.39 is 29.7 Å². The topological polar surface area (TPSA) is 130 Å². The molecular weight excluding hydrogens is 398 g/mol. The molecule has 0 spiro atoms. The van der Waals surface area contributed by atoms with Crippen LogP contribution < -0.4 is 11.1 Å². The fourth-order valence-electron chi connectivity index (χ4n) is 4.74. The van der Waals surface area contributed by atoms with Gasteiger partial charge in [-0.2, -0.15) is 5.10 Å². The van der Waals surface area contributed by atoms with Gasteiger partial charge in [-0.3, -0.25) is 19.6 Å². The Kier molecular flexibility index (Phi) is 5.36. The number of rotatable bonds is 5. The van der Waals surface area contributed by atoms with E-state index in [9.17, 15) is 14.4 Å². The lowest BCUT2D eigenvalue weighted by atomic mass is 9.97. The molecule has 4 rings (SSSR count). The Morgan fingerprint density at radius 2 is 2.10 bits per heavy atom. The highest BCUT2D eigenvalue weighted by Gasteiger charge is 2.52. The van der Waals surface area contributed by atoms with Gasteiger partial charge in [0, 0.05) is 17.8 Å². The number of aromatic amines is 1. The van der Waals surface area contributed by atoms with Crippen LogP contribution in [-0.4, -0.2) is 56.7 Å². The van der Waals surface area contributed by atoms with Crippen LogP contribution in [0.2, 0.25) is 0 Å². The summed E-state index contributed by atoms with van der Waals surface area (Å²) in [6.45, 7) is 5.40. The summed E-state index contributed by atoms with van der Waals surface area (Å²) in [4.78, 5) is 39.7. The Balaban J connectivity index is 1.49. The lowest BCUT2D eigenvalue weighted by Gasteiger charge is -2.36. The van der Waals surface area contributed by atoms with Crippen LogP contribution in [0.3, 0.4) is 0 Å². The first-order valence-electron chi connectivity index (χ1n) is 10.7. The van der Waals surface area contributed by atoms with Crippen LogP contribution in [0.5, 0.6) is 0 Å². The van der Waals surface area contributed by atoms with Crippen molar-refractivity contribution in [2.75, 3.05) is 0 Å². The highest BCUT2D eigenvalue weighted by Crippen LogP contribution is 2.43. The molecule has 1 saturated heterocycles. The quantitative estimate of drug-likeness (QED) is 0.670. The summed E-state index contributed by atoms with van der Waals surface area (Å²) < 4.78 is 5.54. The summed E-state index contributed by atoms with van der Waals surface area (Å²) in [6.07, 6.45) is 3.98. The maximum absolute atomic E-state index is 13.2. The highest BCUT2D eigenvalue weighted by atomic mass is 16.6. The van der Waals surface area contributed by atoms with E-state index in [1.807, 2.05) is 18.2 Å². The summed E-state index contributed by atoms with van der Waals surface area (Å²) in [6, 6.07) is 4.12. The Morgan fingerprint density at radius 3 is 2.81 bits per heavy atom. The van der Waals surface area contributed by atoms with E-state index in [0.717, 1.165) is 35.7 Å². The Morgan fingerprint density at radius 1 is 1.32 bits per heavy atom. The predicted octanol–water partition coefficient (Wildman–Crippen LogP) is 1.86. The second kappa shape index (κ2) is 7.86. The van der Waals surface area contributed by atoms with Gasteiger partial charge in [0.1, 0.15) is 17.7 Å². The number of benzene rings is 1. The molecule has 3 amide bonds. The predicted molar refractivity (Wildman–Crippen MR) is 114 cm³/mol. The van der Waals surface area contributed by atoms with Crippen molar-refractivity contribution in [1.29, 1.82) is 0 Å². The number of nitrogens with one attached hydrogen (secondary N) is 2. The normalized spacial score (nSPS) is 23.7. The number of nitrogens with zero attached hydrogens (tertiary/aromatic N) is 2. The summed E-state index contributed by atoms with van der Waals surface area (Å²) in [5, 5.41) is 10.6. The van der Waals surface area contributed by atoms with Crippen LogP contribution >= 0.6 is 0 Å². The van der Waals surface area contributed by atoms with Crippen LogP contribution in [0, 0.1) is 5.92 Å². The third kappa shape index (κ3) is 4.35. The van der Waals surface area contributed by atoms with Gasteiger partial charge in [-0.15, -0.1) is 0 Å². The average molecular weight is 428 g/mol. The Labute approximate surface area is 180 Å². The van der Waals surface area contributed by atoms with Crippen molar-refractivity contribution in [3.8, 4) is 0 Å². The van der Waals surface area contributed by atoms with Crippen LogP contribution in [0.4, 0.5) is 4.79 Å². The largest absolute Gasteiger partial charge is 0.444 e. The minimum absolute atomic E-state index is 0.00822. The number of fused-ring (bicyclic) bond motifs is 3. The van der Waals surface area contributed by atoms with Crippen LogP contribution in [-0.2, 0) is 20.7 Å². The average Bonchev–Trinajstić information content (AvgIpc) is 3.40. The van der Waals surface area contributed by atoms with Gasteiger partial charge in [-0.25, -0.2) is 4.79 Å². The third-order valence-corrected chi connectivity index (χ3v) is 6.06. The molecule has 2 aliphatic rings. The van der Waals surface area contributed by atoms with Crippen molar-refractivity contribution in [2.24, 2.45) is 11.7 Å². The van der Waals surface area contributed by atoms with E-state index in [1.165, 1.54) is 0 Å². The number of carbonyl (C=O) groups is 3. The summed E-state index contributed by atoms with van der Waals surface area (Å²) in [5.74, 6) is -0.910. The van der Waals surface area contributed by atoms with Gasteiger partial charge in [-0.1, -0.05) is 6.07 Å². The molecule has 1 saturated carbocycles. The molecule has 2 fully saturated rings. The van der Waals surface area contributed by atoms with Crippen LogP contribution in [0.25, 0.3) is 10.9 Å². The number of piperidine rings is 1.